The molecule has 26 heavy (non-hydrogen) atoms. The number of benzene rings is 2. The van der Waals surface area contributed by atoms with Crippen molar-refractivity contribution in [3.63, 3.8) is 0 Å². The van der Waals surface area contributed by atoms with Gasteiger partial charge in [0.25, 0.3) is 0 Å². The van der Waals surface area contributed by atoms with Crippen LogP contribution in [0.3, 0.4) is 0 Å². The van der Waals surface area contributed by atoms with Crippen LogP contribution in [-0.2, 0) is 4.79 Å². The fourth-order valence-corrected chi connectivity index (χ4v) is 2.73. The van der Waals surface area contributed by atoms with Gasteiger partial charge in [0.1, 0.15) is 17.2 Å². The largest absolute Gasteiger partial charge is 0.478 e. The molecule has 1 N–H and O–H groups in total. The number of hydrogen-bond donors (Lipinski definition) is 1. The van der Waals surface area contributed by atoms with E-state index in [4.69, 9.17) is 26.2 Å². The van der Waals surface area contributed by atoms with Crippen LogP contribution in [0.1, 0.15) is 11.1 Å². The van der Waals surface area contributed by atoms with E-state index in [2.05, 4.69) is 0 Å². The normalized spacial score (nSPS) is 16.3. The van der Waals surface area contributed by atoms with Gasteiger partial charge in [-0.2, -0.15) is 13.2 Å². The molecule has 0 saturated carbocycles. The van der Waals surface area contributed by atoms with Gasteiger partial charge < -0.3 is 14.6 Å². The fourth-order valence-electron chi connectivity index (χ4n) is 2.50. The van der Waals surface area contributed by atoms with Crippen molar-refractivity contribution in [2.24, 2.45) is 0 Å². The number of fused-ring (bicyclic) bond motifs is 1. The fraction of sp³-hybridized carbons (Fsp3) is 0.167. The van der Waals surface area contributed by atoms with E-state index >= 15 is 0 Å². The Bertz CT molecular complexity index is 906. The van der Waals surface area contributed by atoms with E-state index in [0.717, 1.165) is 11.6 Å². The molecule has 0 spiro atoms. The highest BCUT2D eigenvalue weighted by atomic mass is 35.5. The van der Waals surface area contributed by atoms with Crippen LogP contribution in [0.5, 0.6) is 17.2 Å². The summed E-state index contributed by atoms with van der Waals surface area (Å²) < 4.78 is 49.9. The number of carboxylic acid groups (broad SMARTS) is 1. The Balaban J connectivity index is 1.95. The first kappa shape index (κ1) is 18.1. The molecule has 0 fully saturated rings. The first-order chi connectivity index (χ1) is 12.1. The summed E-state index contributed by atoms with van der Waals surface area (Å²) in [4.78, 5) is 11.1. The lowest BCUT2D eigenvalue weighted by Crippen LogP contribution is -2.40. The molecule has 2 aromatic carbocycles. The van der Waals surface area contributed by atoms with Gasteiger partial charge in [0.15, 0.2) is 0 Å². The van der Waals surface area contributed by atoms with Crippen molar-refractivity contribution < 1.29 is 32.5 Å². The average molecular weight is 385 g/mol. The van der Waals surface area contributed by atoms with Gasteiger partial charge in [-0.05, 0) is 48.9 Å². The second kappa shape index (κ2) is 6.57. The molecule has 0 unspecified atom stereocenters. The van der Waals surface area contributed by atoms with Gasteiger partial charge in [0, 0.05) is 16.7 Å². The van der Waals surface area contributed by atoms with E-state index in [1.807, 2.05) is 0 Å². The van der Waals surface area contributed by atoms with E-state index < -0.39 is 23.8 Å². The maximum Gasteiger partial charge on any atom is 0.430 e. The first-order valence-corrected chi connectivity index (χ1v) is 7.79. The van der Waals surface area contributed by atoms with E-state index in [-0.39, 0.29) is 17.1 Å². The van der Waals surface area contributed by atoms with Crippen molar-refractivity contribution in [1.29, 1.82) is 0 Å². The first-order valence-electron chi connectivity index (χ1n) is 7.41. The second-order valence-electron chi connectivity index (χ2n) is 5.66. The highest BCUT2D eigenvalue weighted by Gasteiger charge is 2.48. The number of alkyl halides is 3. The number of ether oxygens (including phenoxy) is 2. The number of rotatable bonds is 3. The topological polar surface area (TPSA) is 55.8 Å². The summed E-state index contributed by atoms with van der Waals surface area (Å²) in [5, 5.41) is 9.55. The lowest BCUT2D eigenvalue weighted by molar-refractivity contribution is -0.187. The van der Waals surface area contributed by atoms with Gasteiger partial charge >= 0.3 is 12.1 Å². The third-order valence-corrected chi connectivity index (χ3v) is 3.97. The van der Waals surface area contributed by atoms with E-state index in [9.17, 15) is 18.0 Å². The number of hydrogen-bond acceptors (Lipinski definition) is 3. The summed E-state index contributed by atoms with van der Waals surface area (Å²) in [5.41, 5.74) is 0.104. The molecule has 8 heteroatoms. The summed E-state index contributed by atoms with van der Waals surface area (Å²) in [6.07, 6.45) is -6.44. The summed E-state index contributed by atoms with van der Waals surface area (Å²) in [6, 6.07) is 9.19. The maximum absolute atomic E-state index is 13.1. The van der Waals surface area contributed by atoms with Crippen molar-refractivity contribution in [1.82, 2.24) is 0 Å². The van der Waals surface area contributed by atoms with E-state index in [1.165, 1.54) is 18.2 Å². The molecule has 1 atom stereocenters. The summed E-state index contributed by atoms with van der Waals surface area (Å²) in [5.74, 6) is -1.06. The van der Waals surface area contributed by atoms with Crippen molar-refractivity contribution in [3.05, 3.63) is 58.1 Å². The van der Waals surface area contributed by atoms with Crippen molar-refractivity contribution >= 4 is 23.6 Å². The second-order valence-corrected chi connectivity index (χ2v) is 6.09. The lowest BCUT2D eigenvalue weighted by Gasteiger charge is -2.27. The number of aliphatic carboxylic acids is 1. The molecule has 0 aliphatic carbocycles. The van der Waals surface area contributed by atoms with Gasteiger partial charge in [0.2, 0.25) is 6.10 Å². The van der Waals surface area contributed by atoms with E-state index in [1.54, 1.807) is 25.1 Å². The molecule has 0 aromatic heterocycles. The van der Waals surface area contributed by atoms with Gasteiger partial charge in [-0.25, -0.2) is 4.79 Å². The predicted molar refractivity (Wildman–Crippen MR) is 88.8 cm³/mol. The standard InChI is InChI=1S/C18H12ClF3O4/c1-9-6-11(19)3-5-14(9)25-12-4-2-10-7-13(17(23)24)16(18(20,21)22)26-15(10)8-12/h2-8,16H,1H3,(H,23,24)/t16-/m0/s1. The van der Waals surface area contributed by atoms with Gasteiger partial charge in [0.05, 0.1) is 5.57 Å². The summed E-state index contributed by atoms with van der Waals surface area (Å²) in [7, 11) is 0. The Hall–Kier alpha value is -2.67. The number of carbonyl (C=O) groups is 1. The van der Waals surface area contributed by atoms with Crippen LogP contribution in [0.2, 0.25) is 5.02 Å². The zero-order valence-electron chi connectivity index (χ0n) is 13.3. The predicted octanol–water partition coefficient (Wildman–Crippen LogP) is 5.23. The average Bonchev–Trinajstić information content (AvgIpc) is 2.55. The van der Waals surface area contributed by atoms with E-state index in [0.29, 0.717) is 10.8 Å². The minimum absolute atomic E-state index is 0.110. The number of carboxylic acids is 1. The molecule has 1 aliphatic heterocycles. The maximum atomic E-state index is 13.1. The van der Waals surface area contributed by atoms with Crippen LogP contribution in [0.4, 0.5) is 13.2 Å². The Labute approximate surface area is 151 Å². The minimum Gasteiger partial charge on any atom is -0.478 e. The summed E-state index contributed by atoms with van der Waals surface area (Å²) in [6.45, 7) is 1.78. The zero-order chi connectivity index (χ0) is 19.1. The molecule has 0 saturated heterocycles. The Morgan fingerprint density at radius 3 is 2.58 bits per heavy atom. The number of aryl methyl sites for hydroxylation is 1. The molecular weight excluding hydrogens is 373 g/mol. The quantitative estimate of drug-likeness (QED) is 0.787. The highest BCUT2D eigenvalue weighted by Crippen LogP contribution is 2.39. The van der Waals surface area contributed by atoms with Crippen LogP contribution in [0.25, 0.3) is 6.08 Å². The molecule has 2 aromatic rings. The van der Waals surface area contributed by atoms with Gasteiger partial charge in [-0.15, -0.1) is 0 Å². The molecule has 0 bridgehead atoms. The Kier molecular flexibility index (Phi) is 4.58. The van der Waals surface area contributed by atoms with Crippen molar-refractivity contribution in [3.8, 4) is 17.2 Å². The lowest BCUT2D eigenvalue weighted by atomic mass is 10.0. The smallest absolute Gasteiger partial charge is 0.430 e. The van der Waals surface area contributed by atoms with Crippen molar-refractivity contribution in [2.45, 2.75) is 19.2 Å². The molecular formula is C18H12ClF3O4. The highest BCUT2D eigenvalue weighted by molar-refractivity contribution is 6.30. The third kappa shape index (κ3) is 3.62. The van der Waals surface area contributed by atoms with Crippen molar-refractivity contribution in [2.75, 3.05) is 0 Å². The van der Waals surface area contributed by atoms with Gasteiger partial charge in [-0.1, -0.05) is 11.6 Å². The molecule has 1 aliphatic rings. The third-order valence-electron chi connectivity index (χ3n) is 3.73. The van der Waals surface area contributed by atoms with Crippen LogP contribution >= 0.6 is 11.6 Å². The Morgan fingerprint density at radius 2 is 1.96 bits per heavy atom. The van der Waals surface area contributed by atoms with Crippen LogP contribution in [0.15, 0.2) is 42.0 Å². The molecule has 3 rings (SSSR count). The minimum atomic E-state index is -4.86. The Morgan fingerprint density at radius 1 is 1.23 bits per heavy atom. The molecule has 4 nitrogen and oxygen atoms in total. The number of halogens is 4. The van der Waals surface area contributed by atoms with Gasteiger partial charge in [-0.3, -0.25) is 0 Å². The zero-order valence-corrected chi connectivity index (χ0v) is 14.1. The summed E-state index contributed by atoms with van der Waals surface area (Å²) >= 11 is 5.88. The molecule has 1 heterocycles. The van der Waals surface area contributed by atoms with Crippen LogP contribution < -0.4 is 9.47 Å². The molecule has 0 amide bonds. The molecule has 0 radical (unpaired) electrons. The van der Waals surface area contributed by atoms with Crippen LogP contribution in [0, 0.1) is 6.92 Å². The SMILES string of the molecule is Cc1cc(Cl)ccc1Oc1ccc2c(c1)O[C@H](C(F)(F)F)C(C(=O)O)=C2. The monoisotopic (exact) mass is 384 g/mol. The molecule has 136 valence electrons. The van der Waals surface area contributed by atoms with Crippen LogP contribution in [-0.4, -0.2) is 23.4 Å².